The lowest BCUT2D eigenvalue weighted by Gasteiger charge is -2.28. The molecule has 170 valence electrons. The molecule has 1 amide bonds. The van der Waals surface area contributed by atoms with Gasteiger partial charge in [-0.3, -0.25) is 14.4 Å². The molecule has 1 saturated heterocycles. The molecule has 0 saturated carbocycles. The molecule has 1 heterocycles. The van der Waals surface area contributed by atoms with Crippen LogP contribution in [0.2, 0.25) is 0 Å². The summed E-state index contributed by atoms with van der Waals surface area (Å²) in [6, 6.07) is 12.6. The van der Waals surface area contributed by atoms with E-state index in [9.17, 15) is 14.4 Å². The summed E-state index contributed by atoms with van der Waals surface area (Å²) in [7, 11) is 1.49. The van der Waals surface area contributed by atoms with Gasteiger partial charge in [0, 0.05) is 35.6 Å². The van der Waals surface area contributed by atoms with Gasteiger partial charge < -0.3 is 19.7 Å². The van der Waals surface area contributed by atoms with Crippen molar-refractivity contribution in [2.24, 2.45) is 0 Å². The number of nitrogens with zero attached hydrogens (tertiary/aromatic N) is 1. The molecular weight excluding hydrogens is 408 g/mol. The molecule has 0 radical (unpaired) electrons. The zero-order valence-corrected chi connectivity index (χ0v) is 18.8. The largest absolute Gasteiger partial charge is 0.496 e. The number of benzene rings is 2. The maximum atomic E-state index is 12.5. The molecule has 0 aromatic heterocycles. The van der Waals surface area contributed by atoms with E-state index in [1.807, 2.05) is 24.3 Å². The van der Waals surface area contributed by atoms with Gasteiger partial charge in [0.05, 0.1) is 13.5 Å². The van der Waals surface area contributed by atoms with Gasteiger partial charge >= 0.3 is 5.97 Å². The smallest absolute Gasteiger partial charge is 0.311 e. The Kier molecular flexibility index (Phi) is 7.87. The number of esters is 1. The van der Waals surface area contributed by atoms with E-state index < -0.39 is 18.0 Å². The van der Waals surface area contributed by atoms with Crippen LogP contribution in [-0.2, 0) is 20.7 Å². The summed E-state index contributed by atoms with van der Waals surface area (Å²) in [5.41, 5.74) is 2.80. The lowest BCUT2D eigenvalue weighted by atomic mass is 10.0. The van der Waals surface area contributed by atoms with Crippen LogP contribution in [-0.4, -0.2) is 44.0 Å². The van der Waals surface area contributed by atoms with Crippen LogP contribution in [0.25, 0.3) is 0 Å². The second kappa shape index (κ2) is 10.8. The zero-order chi connectivity index (χ0) is 23.1. The Labute approximate surface area is 188 Å². The first-order chi connectivity index (χ1) is 15.4. The topological polar surface area (TPSA) is 84.9 Å². The molecule has 1 fully saturated rings. The minimum atomic E-state index is -0.966. The van der Waals surface area contributed by atoms with E-state index in [0.717, 1.165) is 18.8 Å². The maximum Gasteiger partial charge on any atom is 0.311 e. The van der Waals surface area contributed by atoms with E-state index in [-0.39, 0.29) is 12.2 Å². The first kappa shape index (κ1) is 23.3. The third-order valence-corrected chi connectivity index (χ3v) is 5.56. The Balaban J connectivity index is 1.55. The Morgan fingerprint density at radius 1 is 1.03 bits per heavy atom. The molecule has 3 rings (SSSR count). The summed E-state index contributed by atoms with van der Waals surface area (Å²) >= 11 is 0. The van der Waals surface area contributed by atoms with Gasteiger partial charge in [0.2, 0.25) is 0 Å². The molecule has 32 heavy (non-hydrogen) atoms. The van der Waals surface area contributed by atoms with E-state index in [0.29, 0.717) is 22.6 Å². The van der Waals surface area contributed by atoms with Crippen LogP contribution < -0.4 is 15.0 Å². The number of ketones is 1. The molecule has 2 aromatic rings. The summed E-state index contributed by atoms with van der Waals surface area (Å²) in [5.74, 6) is -0.611. The fourth-order valence-electron chi connectivity index (χ4n) is 3.74. The molecule has 7 heteroatoms. The Morgan fingerprint density at radius 2 is 1.72 bits per heavy atom. The highest BCUT2D eigenvalue weighted by atomic mass is 16.5. The fraction of sp³-hybridized carbons (Fsp3) is 0.400. The Morgan fingerprint density at radius 3 is 2.34 bits per heavy atom. The highest BCUT2D eigenvalue weighted by molar-refractivity contribution is 5.96. The van der Waals surface area contributed by atoms with Crippen molar-refractivity contribution in [1.82, 2.24) is 0 Å². The molecule has 1 aliphatic heterocycles. The third-order valence-electron chi connectivity index (χ3n) is 5.56. The second-order valence-corrected chi connectivity index (χ2v) is 7.98. The van der Waals surface area contributed by atoms with E-state index >= 15 is 0 Å². The lowest BCUT2D eigenvalue weighted by Crippen LogP contribution is -2.31. The molecule has 1 atom stereocenters. The predicted molar refractivity (Wildman–Crippen MR) is 123 cm³/mol. The van der Waals surface area contributed by atoms with Crippen molar-refractivity contribution in [3.05, 3.63) is 53.6 Å². The number of Topliss-reactive ketones (excluding diaryl/α,β-unsaturated/α-hetero) is 1. The number of nitrogens with one attached hydrogen (secondary N) is 1. The summed E-state index contributed by atoms with van der Waals surface area (Å²) in [6.07, 6.45) is 2.60. The minimum Gasteiger partial charge on any atom is -0.496 e. The molecule has 7 nitrogen and oxygen atoms in total. The van der Waals surface area contributed by atoms with Crippen molar-refractivity contribution in [2.75, 3.05) is 30.4 Å². The standard InChI is InChI=1S/C25H30N2O5/c1-17(28)19-7-12-23(31-3)20(15-19)16-24(29)32-18(2)25(30)26-21-8-10-22(11-9-21)27-13-5-4-6-14-27/h7-12,15,18H,4-6,13-14,16H2,1-3H3,(H,26,30)/t18-/m1/s1. The average molecular weight is 439 g/mol. The lowest BCUT2D eigenvalue weighted by molar-refractivity contribution is -0.152. The number of carbonyl (C=O) groups excluding carboxylic acids is 3. The Bertz CT molecular complexity index is 965. The van der Waals surface area contributed by atoms with Crippen LogP contribution in [0.4, 0.5) is 11.4 Å². The molecule has 0 spiro atoms. The normalized spacial score (nSPS) is 14.4. The van der Waals surface area contributed by atoms with E-state index in [2.05, 4.69) is 10.2 Å². The summed E-state index contributed by atoms with van der Waals surface area (Å²) in [6.45, 7) is 5.09. The van der Waals surface area contributed by atoms with Crippen LogP contribution >= 0.6 is 0 Å². The van der Waals surface area contributed by atoms with Crippen LogP contribution in [0.5, 0.6) is 5.75 Å². The Hall–Kier alpha value is -3.35. The highest BCUT2D eigenvalue weighted by Gasteiger charge is 2.20. The van der Waals surface area contributed by atoms with Gasteiger partial charge in [-0.2, -0.15) is 0 Å². The fourth-order valence-corrected chi connectivity index (χ4v) is 3.74. The number of methoxy groups -OCH3 is 1. The first-order valence-corrected chi connectivity index (χ1v) is 10.9. The quantitative estimate of drug-likeness (QED) is 0.495. The summed E-state index contributed by atoms with van der Waals surface area (Å²) < 4.78 is 10.6. The number of rotatable bonds is 8. The maximum absolute atomic E-state index is 12.5. The molecule has 0 bridgehead atoms. The predicted octanol–water partition coefficient (Wildman–Crippen LogP) is 4.00. The van der Waals surface area contributed by atoms with Gasteiger partial charge in [-0.1, -0.05) is 0 Å². The monoisotopic (exact) mass is 438 g/mol. The number of amides is 1. The van der Waals surface area contributed by atoms with Gasteiger partial charge in [0.1, 0.15) is 5.75 Å². The van der Waals surface area contributed by atoms with Gasteiger partial charge in [-0.25, -0.2) is 0 Å². The van der Waals surface area contributed by atoms with Crippen molar-refractivity contribution >= 4 is 29.0 Å². The zero-order valence-electron chi connectivity index (χ0n) is 18.8. The highest BCUT2D eigenvalue weighted by Crippen LogP contribution is 2.23. The number of carbonyl (C=O) groups is 3. The molecule has 0 aliphatic carbocycles. The number of piperidine rings is 1. The second-order valence-electron chi connectivity index (χ2n) is 7.98. The van der Waals surface area contributed by atoms with Gasteiger partial charge in [0.15, 0.2) is 11.9 Å². The van der Waals surface area contributed by atoms with Crippen molar-refractivity contribution < 1.29 is 23.9 Å². The third kappa shape index (κ3) is 6.09. The molecular formula is C25H30N2O5. The molecule has 1 aliphatic rings. The van der Waals surface area contributed by atoms with Gasteiger partial charge in [-0.15, -0.1) is 0 Å². The van der Waals surface area contributed by atoms with E-state index in [1.165, 1.54) is 40.2 Å². The first-order valence-electron chi connectivity index (χ1n) is 10.9. The van der Waals surface area contributed by atoms with E-state index in [4.69, 9.17) is 9.47 Å². The number of anilines is 2. The average Bonchev–Trinajstić information content (AvgIpc) is 2.80. The van der Waals surface area contributed by atoms with Crippen LogP contribution in [0, 0.1) is 0 Å². The van der Waals surface area contributed by atoms with Gasteiger partial charge in [-0.05, 0) is 75.6 Å². The van der Waals surface area contributed by atoms with Crippen molar-refractivity contribution in [2.45, 2.75) is 45.6 Å². The molecule has 2 aromatic carbocycles. The van der Waals surface area contributed by atoms with Crippen LogP contribution in [0.1, 0.15) is 49.0 Å². The van der Waals surface area contributed by atoms with E-state index in [1.54, 1.807) is 18.2 Å². The molecule has 1 N–H and O–H groups in total. The summed E-state index contributed by atoms with van der Waals surface area (Å²) in [4.78, 5) is 38.9. The minimum absolute atomic E-state index is 0.105. The SMILES string of the molecule is COc1ccc(C(C)=O)cc1CC(=O)O[C@H](C)C(=O)Nc1ccc(N2CCCCC2)cc1. The summed E-state index contributed by atoms with van der Waals surface area (Å²) in [5, 5.41) is 2.78. The van der Waals surface area contributed by atoms with Gasteiger partial charge in [0.25, 0.3) is 5.91 Å². The number of hydrogen-bond donors (Lipinski definition) is 1. The van der Waals surface area contributed by atoms with Crippen LogP contribution in [0.15, 0.2) is 42.5 Å². The number of hydrogen-bond acceptors (Lipinski definition) is 6. The van der Waals surface area contributed by atoms with Crippen molar-refractivity contribution in [3.63, 3.8) is 0 Å². The molecule has 0 unspecified atom stereocenters. The van der Waals surface area contributed by atoms with Crippen LogP contribution in [0.3, 0.4) is 0 Å². The van der Waals surface area contributed by atoms with Crippen molar-refractivity contribution in [3.8, 4) is 5.75 Å². The number of ether oxygens (including phenoxy) is 2. The van der Waals surface area contributed by atoms with Crippen molar-refractivity contribution in [1.29, 1.82) is 0 Å².